The van der Waals surface area contributed by atoms with Gasteiger partial charge >= 0.3 is 0 Å². The number of nitrogens with one attached hydrogen (secondary N) is 2. The maximum atomic E-state index is 11.9. The molecule has 152 valence electrons. The zero-order chi connectivity index (χ0) is 19.6. The van der Waals surface area contributed by atoms with Crippen LogP contribution >= 0.6 is 0 Å². The van der Waals surface area contributed by atoms with E-state index in [0.717, 1.165) is 38.7 Å². The molecular formula is C18H37N5O3. The van der Waals surface area contributed by atoms with Gasteiger partial charge in [-0.3, -0.25) is 14.7 Å². The molecule has 1 amide bonds. The van der Waals surface area contributed by atoms with Crippen molar-refractivity contribution in [2.24, 2.45) is 10.4 Å². The van der Waals surface area contributed by atoms with Crippen molar-refractivity contribution in [3.05, 3.63) is 0 Å². The Morgan fingerprint density at radius 2 is 1.81 bits per heavy atom. The largest absolute Gasteiger partial charge is 0.383 e. The van der Waals surface area contributed by atoms with Gasteiger partial charge < -0.3 is 25.0 Å². The molecule has 1 fully saturated rings. The molecule has 1 rings (SSSR count). The first-order valence-electron chi connectivity index (χ1n) is 9.28. The van der Waals surface area contributed by atoms with E-state index in [1.54, 1.807) is 21.3 Å². The third kappa shape index (κ3) is 7.88. The highest BCUT2D eigenvalue weighted by Crippen LogP contribution is 2.21. The number of amides is 1. The molecule has 0 aliphatic carbocycles. The van der Waals surface area contributed by atoms with Crippen molar-refractivity contribution < 1.29 is 14.3 Å². The van der Waals surface area contributed by atoms with E-state index in [1.807, 2.05) is 0 Å². The summed E-state index contributed by atoms with van der Waals surface area (Å²) in [5, 5.41) is 6.29. The predicted molar refractivity (Wildman–Crippen MR) is 105 cm³/mol. The summed E-state index contributed by atoms with van der Waals surface area (Å²) in [7, 11) is 5.18. The second-order valence-corrected chi connectivity index (χ2v) is 7.62. The molecule has 0 bridgehead atoms. The highest BCUT2D eigenvalue weighted by Gasteiger charge is 2.26. The Bertz CT molecular complexity index is 443. The molecule has 0 radical (unpaired) electrons. The van der Waals surface area contributed by atoms with Crippen LogP contribution in [0.5, 0.6) is 0 Å². The molecule has 0 aromatic carbocycles. The first-order chi connectivity index (χ1) is 12.3. The topological polar surface area (TPSA) is 78.4 Å². The van der Waals surface area contributed by atoms with E-state index in [9.17, 15) is 4.79 Å². The highest BCUT2D eigenvalue weighted by molar-refractivity contribution is 5.80. The van der Waals surface area contributed by atoms with Gasteiger partial charge in [0.2, 0.25) is 5.91 Å². The molecule has 8 nitrogen and oxygen atoms in total. The monoisotopic (exact) mass is 371 g/mol. The van der Waals surface area contributed by atoms with Crippen LogP contribution in [-0.4, -0.2) is 101 Å². The second-order valence-electron chi connectivity index (χ2n) is 7.62. The van der Waals surface area contributed by atoms with Gasteiger partial charge in [0.1, 0.15) is 0 Å². The number of hydrogen-bond donors (Lipinski definition) is 2. The maximum Gasteiger partial charge on any atom is 0.234 e. The Balaban J connectivity index is 2.39. The highest BCUT2D eigenvalue weighted by atomic mass is 16.5. The molecule has 0 aromatic heterocycles. The standard InChI is InChI=1S/C18H37N5O3/c1-18(2,3)15(26-6)13-21-17(19-4)23-10-8-22(9-11-23)14-16(24)20-7-12-25-5/h15H,7-14H2,1-6H3,(H,19,21)(H,20,24). The summed E-state index contributed by atoms with van der Waals surface area (Å²) in [5.74, 6) is 0.937. The minimum Gasteiger partial charge on any atom is -0.383 e. The van der Waals surface area contributed by atoms with Crippen molar-refractivity contribution in [3.63, 3.8) is 0 Å². The minimum atomic E-state index is 0.0473. The number of rotatable bonds is 8. The Labute approximate surface area is 158 Å². The smallest absolute Gasteiger partial charge is 0.234 e. The van der Waals surface area contributed by atoms with Crippen LogP contribution in [0.25, 0.3) is 0 Å². The molecule has 0 saturated carbocycles. The first kappa shape index (κ1) is 22.7. The van der Waals surface area contributed by atoms with Crippen molar-refractivity contribution in [2.75, 3.05) is 73.7 Å². The van der Waals surface area contributed by atoms with Gasteiger partial charge in [0.05, 0.1) is 19.3 Å². The first-order valence-corrected chi connectivity index (χ1v) is 9.28. The van der Waals surface area contributed by atoms with Crippen LogP contribution in [-0.2, 0) is 14.3 Å². The van der Waals surface area contributed by atoms with E-state index in [-0.39, 0.29) is 17.4 Å². The lowest BCUT2D eigenvalue weighted by atomic mass is 9.89. The quantitative estimate of drug-likeness (QED) is 0.355. The average Bonchev–Trinajstić information content (AvgIpc) is 2.59. The third-order valence-corrected chi connectivity index (χ3v) is 4.58. The molecule has 1 saturated heterocycles. The average molecular weight is 372 g/mol. The number of aliphatic imine (C=N–C) groups is 1. The van der Waals surface area contributed by atoms with Crippen LogP contribution in [0.4, 0.5) is 0 Å². The summed E-state index contributed by atoms with van der Waals surface area (Å²) in [5.41, 5.74) is 0.0650. The molecule has 1 heterocycles. The number of carbonyl (C=O) groups is 1. The van der Waals surface area contributed by atoms with E-state index < -0.39 is 0 Å². The Hall–Kier alpha value is -1.38. The predicted octanol–water partition coefficient (Wildman–Crippen LogP) is 0.00310. The number of carbonyl (C=O) groups excluding carboxylic acids is 1. The zero-order valence-electron chi connectivity index (χ0n) is 17.3. The lowest BCUT2D eigenvalue weighted by molar-refractivity contribution is -0.122. The summed E-state index contributed by atoms with van der Waals surface area (Å²) in [6, 6.07) is 0. The van der Waals surface area contributed by atoms with E-state index in [2.05, 4.69) is 46.2 Å². The minimum absolute atomic E-state index is 0.0473. The van der Waals surface area contributed by atoms with Crippen LogP contribution in [0.1, 0.15) is 20.8 Å². The fourth-order valence-corrected chi connectivity index (χ4v) is 2.93. The second kappa shape index (κ2) is 11.4. The van der Waals surface area contributed by atoms with Gasteiger partial charge in [-0.1, -0.05) is 20.8 Å². The fraction of sp³-hybridized carbons (Fsp3) is 0.889. The number of hydrogen-bond acceptors (Lipinski definition) is 5. The number of guanidine groups is 1. The molecule has 1 atom stereocenters. The van der Waals surface area contributed by atoms with E-state index in [4.69, 9.17) is 9.47 Å². The number of piperazine rings is 1. The van der Waals surface area contributed by atoms with Crippen LogP contribution in [0, 0.1) is 5.41 Å². The van der Waals surface area contributed by atoms with Crippen molar-refractivity contribution >= 4 is 11.9 Å². The zero-order valence-corrected chi connectivity index (χ0v) is 17.3. The lowest BCUT2D eigenvalue weighted by Gasteiger charge is -2.37. The van der Waals surface area contributed by atoms with Gasteiger partial charge in [-0.05, 0) is 5.41 Å². The molecule has 1 aliphatic rings. The molecule has 26 heavy (non-hydrogen) atoms. The number of nitrogens with zero attached hydrogens (tertiary/aromatic N) is 3. The van der Waals surface area contributed by atoms with Gasteiger partial charge in [-0.2, -0.15) is 0 Å². The molecular weight excluding hydrogens is 334 g/mol. The van der Waals surface area contributed by atoms with Crippen LogP contribution in [0.3, 0.4) is 0 Å². The van der Waals surface area contributed by atoms with Gasteiger partial charge in [-0.15, -0.1) is 0 Å². The maximum absolute atomic E-state index is 11.9. The van der Waals surface area contributed by atoms with Gasteiger partial charge in [-0.25, -0.2) is 0 Å². The van der Waals surface area contributed by atoms with Crippen LogP contribution in [0.2, 0.25) is 0 Å². The Morgan fingerprint density at radius 3 is 2.31 bits per heavy atom. The third-order valence-electron chi connectivity index (χ3n) is 4.58. The van der Waals surface area contributed by atoms with Gasteiger partial charge in [0.15, 0.2) is 5.96 Å². The summed E-state index contributed by atoms with van der Waals surface area (Å²) < 4.78 is 10.5. The fourth-order valence-electron chi connectivity index (χ4n) is 2.93. The molecule has 0 spiro atoms. The molecule has 1 aliphatic heterocycles. The van der Waals surface area contributed by atoms with Crippen LogP contribution in [0.15, 0.2) is 4.99 Å². The molecule has 8 heteroatoms. The number of ether oxygens (including phenoxy) is 2. The van der Waals surface area contributed by atoms with Crippen molar-refractivity contribution in [3.8, 4) is 0 Å². The normalized spacial score (nSPS) is 17.9. The van der Waals surface area contributed by atoms with E-state index in [0.29, 0.717) is 19.7 Å². The molecule has 2 N–H and O–H groups in total. The van der Waals surface area contributed by atoms with Crippen molar-refractivity contribution in [1.82, 2.24) is 20.4 Å². The van der Waals surface area contributed by atoms with Crippen molar-refractivity contribution in [2.45, 2.75) is 26.9 Å². The Morgan fingerprint density at radius 1 is 1.15 bits per heavy atom. The van der Waals surface area contributed by atoms with E-state index >= 15 is 0 Å². The lowest BCUT2D eigenvalue weighted by Crippen LogP contribution is -2.55. The number of methoxy groups -OCH3 is 2. The summed E-state index contributed by atoms with van der Waals surface area (Å²) >= 11 is 0. The Kier molecular flexibility index (Phi) is 9.90. The molecule has 0 aromatic rings. The summed E-state index contributed by atoms with van der Waals surface area (Å²) in [4.78, 5) is 20.7. The van der Waals surface area contributed by atoms with Crippen LogP contribution < -0.4 is 10.6 Å². The SMILES string of the molecule is CN=C(NCC(OC)C(C)(C)C)N1CCN(CC(=O)NCCOC)CC1. The summed E-state index contributed by atoms with van der Waals surface area (Å²) in [6.07, 6.45) is 0.108. The van der Waals surface area contributed by atoms with Gasteiger partial charge in [0.25, 0.3) is 0 Å². The van der Waals surface area contributed by atoms with Gasteiger partial charge in [0, 0.05) is 60.5 Å². The van der Waals surface area contributed by atoms with E-state index in [1.165, 1.54) is 0 Å². The summed E-state index contributed by atoms with van der Waals surface area (Å²) in [6.45, 7) is 12.1. The molecule has 1 unspecified atom stereocenters. The van der Waals surface area contributed by atoms with Crippen molar-refractivity contribution in [1.29, 1.82) is 0 Å².